The summed E-state index contributed by atoms with van der Waals surface area (Å²) >= 11 is 1.74. The van der Waals surface area contributed by atoms with Gasteiger partial charge < -0.3 is 14.5 Å². The monoisotopic (exact) mass is 347 g/mol. The van der Waals surface area contributed by atoms with E-state index < -0.39 is 0 Å². The number of carbonyl (C=O) groups excluding carboxylic acids is 1. The van der Waals surface area contributed by atoms with E-state index in [1.165, 1.54) is 10.3 Å². The highest BCUT2D eigenvalue weighted by atomic mass is 32.1. The van der Waals surface area contributed by atoms with Crippen molar-refractivity contribution >= 4 is 32.8 Å². The highest BCUT2D eigenvalue weighted by Crippen LogP contribution is 2.30. The van der Waals surface area contributed by atoms with E-state index in [2.05, 4.69) is 30.0 Å². The van der Waals surface area contributed by atoms with Gasteiger partial charge in [0.15, 0.2) is 5.13 Å². The maximum Gasteiger partial charge on any atom is 0.409 e. The van der Waals surface area contributed by atoms with Crippen LogP contribution in [0.1, 0.15) is 26.3 Å². The summed E-state index contributed by atoms with van der Waals surface area (Å²) < 4.78 is 6.55. The van der Waals surface area contributed by atoms with E-state index in [1.807, 2.05) is 13.8 Å². The Hall–Kier alpha value is -1.82. The molecule has 0 spiro atoms. The number of thiazole rings is 1. The average molecular weight is 347 g/mol. The number of carbonyl (C=O) groups is 1. The Morgan fingerprint density at radius 3 is 2.71 bits per heavy atom. The number of amides is 1. The first kappa shape index (κ1) is 17.0. The van der Waals surface area contributed by atoms with Crippen LogP contribution in [0.5, 0.6) is 0 Å². The lowest BCUT2D eigenvalue weighted by Crippen LogP contribution is -2.49. The van der Waals surface area contributed by atoms with Crippen LogP contribution >= 0.6 is 11.3 Å². The molecule has 1 amide bonds. The van der Waals surface area contributed by atoms with Crippen LogP contribution in [0.3, 0.4) is 0 Å². The Morgan fingerprint density at radius 1 is 1.29 bits per heavy atom. The number of aromatic nitrogens is 1. The first-order valence-electron chi connectivity index (χ1n) is 8.63. The first-order valence-corrected chi connectivity index (χ1v) is 9.44. The van der Waals surface area contributed by atoms with Gasteiger partial charge in [0, 0.05) is 26.2 Å². The minimum Gasteiger partial charge on any atom is -0.449 e. The van der Waals surface area contributed by atoms with Crippen molar-refractivity contribution in [2.24, 2.45) is 5.92 Å². The molecule has 1 aliphatic heterocycles. The molecule has 3 rings (SSSR count). The second-order valence-electron chi connectivity index (χ2n) is 6.60. The summed E-state index contributed by atoms with van der Waals surface area (Å²) in [5, 5.41) is 1.05. The van der Waals surface area contributed by atoms with Gasteiger partial charge in [0.2, 0.25) is 0 Å². The zero-order valence-corrected chi connectivity index (χ0v) is 15.4. The lowest BCUT2D eigenvalue weighted by molar-refractivity contribution is 0.0901. The van der Waals surface area contributed by atoms with Gasteiger partial charge in [0.25, 0.3) is 0 Å². The number of nitrogens with zero attached hydrogens (tertiary/aromatic N) is 3. The van der Waals surface area contributed by atoms with Crippen molar-refractivity contribution < 1.29 is 9.53 Å². The normalized spacial score (nSPS) is 15.3. The summed E-state index contributed by atoms with van der Waals surface area (Å²) in [7, 11) is 0. The number of aryl methyl sites for hydroxylation is 1. The minimum absolute atomic E-state index is 0.194. The van der Waals surface area contributed by atoms with Gasteiger partial charge in [-0.2, -0.15) is 0 Å². The Labute approximate surface area is 147 Å². The molecule has 0 N–H and O–H groups in total. The Balaban J connectivity index is 1.61. The fourth-order valence-electron chi connectivity index (χ4n) is 2.72. The van der Waals surface area contributed by atoms with Crippen molar-refractivity contribution in [3.05, 3.63) is 23.8 Å². The highest BCUT2D eigenvalue weighted by Gasteiger charge is 2.24. The van der Waals surface area contributed by atoms with Crippen molar-refractivity contribution in [3.63, 3.8) is 0 Å². The molecular weight excluding hydrogens is 322 g/mol. The maximum absolute atomic E-state index is 12.0. The molecule has 0 unspecified atom stereocenters. The molecular formula is C18H25N3O2S. The molecule has 0 bridgehead atoms. The number of fused-ring (bicyclic) bond motifs is 1. The van der Waals surface area contributed by atoms with Crippen molar-refractivity contribution in [2.45, 2.75) is 27.2 Å². The summed E-state index contributed by atoms with van der Waals surface area (Å²) in [6.07, 6.45) is 0.848. The lowest BCUT2D eigenvalue weighted by atomic mass is 10.2. The van der Waals surface area contributed by atoms with Gasteiger partial charge in [0.05, 0.1) is 16.8 Å². The minimum atomic E-state index is -0.194. The van der Waals surface area contributed by atoms with Crippen LogP contribution in [-0.4, -0.2) is 48.8 Å². The third-order valence-electron chi connectivity index (χ3n) is 4.20. The largest absolute Gasteiger partial charge is 0.449 e. The SMILES string of the molecule is CCc1ccc2nc(N3CCN(C(=O)OCC(C)C)CC3)sc2c1. The van der Waals surface area contributed by atoms with Crippen molar-refractivity contribution in [1.82, 2.24) is 9.88 Å². The summed E-state index contributed by atoms with van der Waals surface area (Å²) in [6.45, 7) is 9.72. The molecule has 6 heteroatoms. The van der Waals surface area contributed by atoms with Crippen LogP contribution < -0.4 is 4.90 Å². The third-order valence-corrected chi connectivity index (χ3v) is 5.28. The van der Waals surface area contributed by atoms with Crippen LogP contribution in [-0.2, 0) is 11.2 Å². The summed E-state index contributed by atoms with van der Waals surface area (Å²) in [5.74, 6) is 0.367. The van der Waals surface area contributed by atoms with E-state index in [4.69, 9.17) is 9.72 Å². The predicted molar refractivity (Wildman–Crippen MR) is 99.0 cm³/mol. The number of anilines is 1. The molecule has 2 heterocycles. The molecule has 24 heavy (non-hydrogen) atoms. The summed E-state index contributed by atoms with van der Waals surface area (Å²) in [4.78, 5) is 20.8. The molecule has 0 aliphatic carbocycles. The quantitative estimate of drug-likeness (QED) is 0.844. The van der Waals surface area contributed by atoms with Gasteiger partial charge >= 0.3 is 6.09 Å². The van der Waals surface area contributed by atoms with E-state index in [9.17, 15) is 4.79 Å². The third kappa shape index (κ3) is 3.80. The van der Waals surface area contributed by atoms with Gasteiger partial charge in [-0.3, -0.25) is 0 Å². The number of piperazine rings is 1. The molecule has 130 valence electrons. The predicted octanol–water partition coefficient (Wildman–Crippen LogP) is 3.77. The zero-order chi connectivity index (χ0) is 17.1. The van der Waals surface area contributed by atoms with Gasteiger partial charge in [0.1, 0.15) is 0 Å². The van der Waals surface area contributed by atoms with E-state index in [0.717, 1.165) is 30.2 Å². The van der Waals surface area contributed by atoms with Gasteiger partial charge in [-0.1, -0.05) is 38.2 Å². The number of rotatable bonds is 4. The first-order chi connectivity index (χ1) is 11.6. The van der Waals surface area contributed by atoms with Gasteiger partial charge in [-0.05, 0) is 30.0 Å². The number of hydrogen-bond acceptors (Lipinski definition) is 5. The average Bonchev–Trinajstić information content (AvgIpc) is 3.02. The second-order valence-corrected chi connectivity index (χ2v) is 7.61. The van der Waals surface area contributed by atoms with Gasteiger partial charge in [-0.25, -0.2) is 9.78 Å². The molecule has 1 saturated heterocycles. The summed E-state index contributed by atoms with van der Waals surface area (Å²) in [5.41, 5.74) is 2.40. The topological polar surface area (TPSA) is 45.7 Å². The van der Waals surface area contributed by atoms with Crippen LogP contribution in [0, 0.1) is 5.92 Å². The van der Waals surface area contributed by atoms with Crippen molar-refractivity contribution in [1.29, 1.82) is 0 Å². The van der Waals surface area contributed by atoms with Crippen LogP contribution in [0.2, 0.25) is 0 Å². The van der Waals surface area contributed by atoms with Crippen molar-refractivity contribution in [3.8, 4) is 0 Å². The van der Waals surface area contributed by atoms with Crippen LogP contribution in [0.15, 0.2) is 18.2 Å². The molecule has 0 atom stereocenters. The standard InChI is InChI=1S/C18H25N3O2S/c1-4-14-5-6-15-16(11-14)24-17(19-15)20-7-9-21(10-8-20)18(22)23-12-13(2)3/h5-6,11,13H,4,7-10,12H2,1-3H3. The fourth-order valence-corrected chi connectivity index (χ4v) is 3.80. The number of hydrogen-bond donors (Lipinski definition) is 0. The molecule has 1 aliphatic rings. The molecule has 1 fully saturated rings. The zero-order valence-electron chi connectivity index (χ0n) is 14.6. The van der Waals surface area contributed by atoms with E-state index >= 15 is 0 Å². The second kappa shape index (κ2) is 7.38. The molecule has 0 saturated carbocycles. The van der Waals surface area contributed by atoms with Crippen LogP contribution in [0.4, 0.5) is 9.93 Å². The molecule has 0 radical (unpaired) electrons. The van der Waals surface area contributed by atoms with Gasteiger partial charge in [-0.15, -0.1) is 0 Å². The van der Waals surface area contributed by atoms with Crippen LogP contribution in [0.25, 0.3) is 10.2 Å². The van der Waals surface area contributed by atoms with E-state index in [-0.39, 0.29) is 6.09 Å². The molecule has 5 nitrogen and oxygen atoms in total. The Bertz CT molecular complexity index is 705. The number of benzene rings is 1. The van der Waals surface area contributed by atoms with E-state index in [1.54, 1.807) is 16.2 Å². The Kier molecular flexibility index (Phi) is 5.23. The smallest absolute Gasteiger partial charge is 0.409 e. The fraction of sp³-hybridized carbons (Fsp3) is 0.556. The molecule has 2 aromatic rings. The highest BCUT2D eigenvalue weighted by molar-refractivity contribution is 7.22. The summed E-state index contributed by atoms with van der Waals surface area (Å²) in [6, 6.07) is 6.48. The Morgan fingerprint density at radius 2 is 2.04 bits per heavy atom. The van der Waals surface area contributed by atoms with Crippen molar-refractivity contribution in [2.75, 3.05) is 37.7 Å². The molecule has 1 aromatic heterocycles. The van der Waals surface area contributed by atoms with E-state index in [0.29, 0.717) is 25.6 Å². The molecule has 1 aromatic carbocycles. The maximum atomic E-state index is 12.0. The number of ether oxygens (including phenoxy) is 1. The lowest BCUT2D eigenvalue weighted by Gasteiger charge is -2.34.